The van der Waals surface area contributed by atoms with Crippen LogP contribution in [0.5, 0.6) is 0 Å². The molecular weight excluding hydrogens is 448 g/mol. The van der Waals surface area contributed by atoms with Crippen LogP contribution in [0.2, 0.25) is 0 Å². The van der Waals surface area contributed by atoms with Gasteiger partial charge >= 0.3 is 6.18 Å². The van der Waals surface area contributed by atoms with E-state index in [9.17, 15) is 26.0 Å². The molecule has 0 radical (unpaired) electrons. The fourth-order valence-electron chi connectivity index (χ4n) is 2.99. The summed E-state index contributed by atoms with van der Waals surface area (Å²) < 4.78 is 82.8. The molecule has 6 nitrogen and oxygen atoms in total. The summed E-state index contributed by atoms with van der Waals surface area (Å²) in [5, 5.41) is 0. The predicted molar refractivity (Wildman–Crippen MR) is 112 cm³/mol. The summed E-state index contributed by atoms with van der Waals surface area (Å²) in [6, 6.07) is 6.08. The van der Waals surface area contributed by atoms with Gasteiger partial charge in [0.1, 0.15) is 11.6 Å². The maximum absolute atomic E-state index is 14.8. The number of rotatable bonds is 4. The van der Waals surface area contributed by atoms with E-state index in [0.29, 0.717) is 6.07 Å². The van der Waals surface area contributed by atoms with Gasteiger partial charge in [0.05, 0.1) is 28.5 Å². The number of sulfonamides is 1. The van der Waals surface area contributed by atoms with Crippen LogP contribution in [0.1, 0.15) is 26.3 Å². The topological polar surface area (TPSA) is 98.0 Å². The molecule has 0 bridgehead atoms. The van der Waals surface area contributed by atoms with E-state index >= 15 is 0 Å². The zero-order valence-electron chi connectivity index (χ0n) is 17.3. The minimum atomic E-state index is -4.76. The van der Waals surface area contributed by atoms with Crippen molar-refractivity contribution < 1.29 is 26.0 Å². The summed E-state index contributed by atoms with van der Waals surface area (Å²) in [6.45, 7) is 4.67. The van der Waals surface area contributed by atoms with Crippen molar-refractivity contribution in [2.45, 2.75) is 37.4 Å². The van der Waals surface area contributed by atoms with Crippen LogP contribution in [0.25, 0.3) is 22.4 Å². The van der Waals surface area contributed by atoms with Crippen LogP contribution in [0, 0.1) is 5.82 Å². The molecule has 0 saturated carbocycles. The number of nitrogens with two attached hydrogens (primary N) is 1. The normalized spacial score (nSPS) is 12.7. The largest absolute Gasteiger partial charge is 0.416 e. The van der Waals surface area contributed by atoms with Crippen LogP contribution in [-0.4, -0.2) is 23.9 Å². The summed E-state index contributed by atoms with van der Waals surface area (Å²) in [5.41, 5.74) is 3.66. The quantitative estimate of drug-likeness (QED) is 0.544. The minimum absolute atomic E-state index is 0.0744. The van der Waals surface area contributed by atoms with Gasteiger partial charge < -0.3 is 5.73 Å². The molecule has 1 aromatic heterocycles. The molecule has 0 fully saturated rings. The van der Waals surface area contributed by atoms with Gasteiger partial charge in [-0.1, -0.05) is 12.1 Å². The van der Waals surface area contributed by atoms with E-state index < -0.39 is 38.0 Å². The number of alkyl halides is 3. The molecule has 2 aromatic carbocycles. The van der Waals surface area contributed by atoms with Crippen molar-refractivity contribution in [3.05, 3.63) is 60.2 Å². The van der Waals surface area contributed by atoms with Crippen molar-refractivity contribution in [1.29, 1.82) is 0 Å². The third-order valence-electron chi connectivity index (χ3n) is 4.27. The first-order chi connectivity index (χ1) is 14.7. The first-order valence-electron chi connectivity index (χ1n) is 9.30. The van der Waals surface area contributed by atoms with Crippen LogP contribution < -0.4 is 10.5 Å². The molecule has 3 rings (SSSR count). The summed E-state index contributed by atoms with van der Waals surface area (Å²) in [5.74, 6) is -0.606. The highest BCUT2D eigenvalue weighted by atomic mass is 32.2. The lowest BCUT2D eigenvalue weighted by Crippen LogP contribution is -2.40. The zero-order valence-corrected chi connectivity index (χ0v) is 18.1. The fraction of sp³-hybridized carbons (Fsp3) is 0.238. The molecule has 1 heterocycles. The number of nitrogens with zero attached hydrogens (tertiary/aromatic N) is 2. The van der Waals surface area contributed by atoms with Gasteiger partial charge in [-0.3, -0.25) is 4.98 Å². The van der Waals surface area contributed by atoms with Gasteiger partial charge in [-0.2, -0.15) is 13.2 Å². The van der Waals surface area contributed by atoms with E-state index in [1.165, 1.54) is 24.5 Å². The van der Waals surface area contributed by atoms with E-state index in [4.69, 9.17) is 5.73 Å². The highest BCUT2D eigenvalue weighted by molar-refractivity contribution is 7.89. The van der Waals surface area contributed by atoms with E-state index in [1.54, 1.807) is 20.8 Å². The summed E-state index contributed by atoms with van der Waals surface area (Å²) in [7, 11) is -4.37. The Kier molecular flexibility index (Phi) is 6.00. The molecule has 0 spiro atoms. The number of nitrogens with one attached hydrogen (secondary N) is 1. The van der Waals surface area contributed by atoms with Crippen LogP contribution in [0.15, 0.2) is 53.7 Å². The number of hydrogen-bond donors (Lipinski definition) is 2. The number of anilines is 1. The maximum atomic E-state index is 14.8. The lowest BCUT2D eigenvalue weighted by Gasteiger charge is -2.22. The molecule has 0 aliphatic rings. The molecule has 0 saturated heterocycles. The monoisotopic (exact) mass is 468 g/mol. The molecule has 3 N–H and O–H groups in total. The minimum Gasteiger partial charge on any atom is -0.382 e. The van der Waals surface area contributed by atoms with Crippen molar-refractivity contribution in [1.82, 2.24) is 14.7 Å². The van der Waals surface area contributed by atoms with Crippen molar-refractivity contribution in [3.8, 4) is 22.4 Å². The molecule has 0 amide bonds. The van der Waals surface area contributed by atoms with E-state index in [2.05, 4.69) is 14.7 Å². The molecule has 0 aliphatic carbocycles. The van der Waals surface area contributed by atoms with Crippen LogP contribution >= 0.6 is 0 Å². The summed E-state index contributed by atoms with van der Waals surface area (Å²) in [6.07, 6.45) is -2.23. The molecule has 3 aromatic rings. The fourth-order valence-corrected chi connectivity index (χ4v) is 4.66. The number of aromatic nitrogens is 2. The lowest BCUT2D eigenvalue weighted by atomic mass is 10.0. The van der Waals surface area contributed by atoms with Gasteiger partial charge in [-0.25, -0.2) is 22.5 Å². The Labute approximate surface area is 182 Å². The Balaban J connectivity index is 2.17. The van der Waals surface area contributed by atoms with Gasteiger partial charge in [0.15, 0.2) is 0 Å². The SMILES string of the molecule is CC(C)(C)NS(=O)(=O)c1cc(C(F)(F)F)ccc1-c1ccc(-c2cnc(N)cn2)c(F)c1. The lowest BCUT2D eigenvalue weighted by molar-refractivity contribution is -0.137. The smallest absolute Gasteiger partial charge is 0.382 e. The number of halogens is 4. The predicted octanol–water partition coefficient (Wildman–Crippen LogP) is 4.63. The van der Waals surface area contributed by atoms with Crippen LogP contribution in [0.3, 0.4) is 0 Å². The van der Waals surface area contributed by atoms with Gasteiger partial charge in [0, 0.05) is 16.7 Å². The van der Waals surface area contributed by atoms with Crippen molar-refractivity contribution in [2.24, 2.45) is 0 Å². The van der Waals surface area contributed by atoms with Gasteiger partial charge in [-0.05, 0) is 50.6 Å². The third kappa shape index (κ3) is 5.22. The second-order valence-corrected chi connectivity index (χ2v) is 9.74. The number of nitrogen functional groups attached to an aromatic ring is 1. The highest BCUT2D eigenvalue weighted by Crippen LogP contribution is 2.36. The van der Waals surface area contributed by atoms with Crippen molar-refractivity contribution in [3.63, 3.8) is 0 Å². The maximum Gasteiger partial charge on any atom is 0.416 e. The van der Waals surface area contributed by atoms with Crippen LogP contribution in [-0.2, 0) is 16.2 Å². The molecule has 0 aliphatic heterocycles. The molecular formula is C21H20F4N4O2S. The van der Waals surface area contributed by atoms with Gasteiger partial charge in [-0.15, -0.1) is 0 Å². The van der Waals surface area contributed by atoms with Crippen molar-refractivity contribution in [2.75, 3.05) is 5.73 Å². The standard InChI is InChI=1S/C21H20F4N4O2S/c1-20(2,3)29-32(30,31)18-9-13(21(23,24)25)5-7-14(18)12-4-6-15(16(22)8-12)17-10-28-19(26)11-27-17/h4-11,29H,1-3H3,(H2,26,28). The Hall–Kier alpha value is -3.05. The average Bonchev–Trinajstić information content (AvgIpc) is 2.66. The summed E-state index contributed by atoms with van der Waals surface area (Å²) >= 11 is 0. The molecule has 32 heavy (non-hydrogen) atoms. The Bertz CT molecular complexity index is 1250. The van der Waals surface area contributed by atoms with Gasteiger partial charge in [0.2, 0.25) is 10.0 Å². The first kappa shape index (κ1) is 23.6. The highest BCUT2D eigenvalue weighted by Gasteiger charge is 2.34. The first-order valence-corrected chi connectivity index (χ1v) is 10.8. The van der Waals surface area contributed by atoms with E-state index in [0.717, 1.165) is 18.2 Å². The Morgan fingerprint density at radius 2 is 1.59 bits per heavy atom. The second kappa shape index (κ2) is 8.14. The molecule has 11 heteroatoms. The van der Waals surface area contributed by atoms with Crippen molar-refractivity contribution >= 4 is 15.8 Å². The number of benzene rings is 2. The van der Waals surface area contributed by atoms with Crippen LogP contribution in [0.4, 0.5) is 23.4 Å². The summed E-state index contributed by atoms with van der Waals surface area (Å²) in [4.78, 5) is 7.22. The molecule has 0 atom stereocenters. The average molecular weight is 468 g/mol. The molecule has 170 valence electrons. The van der Waals surface area contributed by atoms with Gasteiger partial charge in [0.25, 0.3) is 0 Å². The zero-order chi connectivity index (χ0) is 23.9. The Morgan fingerprint density at radius 1 is 0.938 bits per heavy atom. The van der Waals surface area contributed by atoms with E-state index in [-0.39, 0.29) is 28.2 Å². The third-order valence-corrected chi connectivity index (χ3v) is 6.06. The molecule has 0 unspecified atom stereocenters. The Morgan fingerprint density at radius 3 is 2.12 bits per heavy atom. The number of hydrogen-bond acceptors (Lipinski definition) is 5. The second-order valence-electron chi connectivity index (χ2n) is 8.09. The van der Waals surface area contributed by atoms with E-state index in [1.807, 2.05) is 0 Å².